The number of phenols is 1. The normalized spacial score (nSPS) is 11.2. The zero-order chi connectivity index (χ0) is 21.0. The predicted octanol–water partition coefficient (Wildman–Crippen LogP) is 4.90. The number of methoxy groups -OCH3 is 2. The Morgan fingerprint density at radius 3 is 2.28 bits per heavy atom. The molecular formula is C19H15Cl2N3O4S. The Labute approximate surface area is 180 Å². The highest BCUT2D eigenvalue weighted by Crippen LogP contribution is 2.38. The van der Waals surface area contributed by atoms with Gasteiger partial charge in [-0.05, 0) is 48.0 Å². The number of carbonyl (C=O) groups excluding carboxylic acids is 1. The number of hydrogen-bond acceptors (Lipinski definition) is 7. The number of carbonyl (C=O) groups is 1. The molecule has 1 amide bonds. The second-order valence-electron chi connectivity index (χ2n) is 5.64. The number of hydrogen-bond donors (Lipinski definition) is 2. The van der Waals surface area contributed by atoms with Crippen LogP contribution in [0.15, 0.2) is 36.4 Å². The molecule has 10 heteroatoms. The van der Waals surface area contributed by atoms with Gasteiger partial charge in [0, 0.05) is 10.7 Å². The molecule has 0 bridgehead atoms. The average Bonchev–Trinajstić information content (AvgIpc) is 3.21. The fraction of sp³-hybridized carbons (Fsp3) is 0.105. The van der Waals surface area contributed by atoms with Gasteiger partial charge in [-0.3, -0.25) is 4.79 Å². The molecule has 0 aliphatic heterocycles. The first kappa shape index (κ1) is 20.9. The lowest BCUT2D eigenvalue weighted by Gasteiger charge is -2.09. The lowest BCUT2D eigenvalue weighted by atomic mass is 10.1. The fourth-order valence-electron chi connectivity index (χ4n) is 2.33. The molecule has 0 radical (unpaired) electrons. The molecule has 29 heavy (non-hydrogen) atoms. The van der Waals surface area contributed by atoms with E-state index in [1.807, 2.05) is 0 Å². The summed E-state index contributed by atoms with van der Waals surface area (Å²) < 4.78 is 10.3. The molecule has 0 fully saturated rings. The van der Waals surface area contributed by atoms with Crippen molar-refractivity contribution in [3.63, 3.8) is 0 Å². The third kappa shape index (κ3) is 4.97. The molecule has 0 aliphatic carbocycles. The number of benzene rings is 2. The van der Waals surface area contributed by atoms with Crippen molar-refractivity contribution in [2.24, 2.45) is 0 Å². The number of nitrogens with one attached hydrogen (secondary N) is 1. The Kier molecular flexibility index (Phi) is 6.58. The molecule has 0 saturated heterocycles. The van der Waals surface area contributed by atoms with Crippen LogP contribution in [0.1, 0.15) is 20.4 Å². The van der Waals surface area contributed by atoms with Crippen molar-refractivity contribution < 1.29 is 19.4 Å². The van der Waals surface area contributed by atoms with Gasteiger partial charge in [0.25, 0.3) is 5.91 Å². The lowest BCUT2D eigenvalue weighted by Crippen LogP contribution is -2.11. The minimum Gasteiger partial charge on any atom is -0.502 e. The number of nitrogens with zero attached hydrogens (tertiary/aromatic N) is 2. The van der Waals surface area contributed by atoms with Crippen LogP contribution in [0.25, 0.3) is 11.1 Å². The summed E-state index contributed by atoms with van der Waals surface area (Å²) in [6.07, 6.45) is 1.60. The molecule has 2 N–H and O–H groups in total. The summed E-state index contributed by atoms with van der Waals surface area (Å²) in [4.78, 5) is 12.3. The standard InChI is InChI=1S/C19H15Cl2N3O4S/c1-27-14-8-10(9-15(28-2)16(14)25)7-13(21)18-23-24-19(29-18)17(26)22-12-5-3-11(20)4-6-12/h3-9,25H,1-2H3,(H,22,26)/b13-7-. The number of aromatic hydroxyl groups is 1. The number of halogens is 2. The molecule has 0 saturated carbocycles. The molecule has 1 heterocycles. The van der Waals surface area contributed by atoms with E-state index < -0.39 is 5.91 Å². The maximum Gasteiger partial charge on any atom is 0.286 e. The molecule has 2 aromatic carbocycles. The van der Waals surface area contributed by atoms with Gasteiger partial charge in [0.2, 0.25) is 10.8 Å². The summed E-state index contributed by atoms with van der Waals surface area (Å²) in [7, 11) is 2.86. The lowest BCUT2D eigenvalue weighted by molar-refractivity contribution is 0.102. The summed E-state index contributed by atoms with van der Waals surface area (Å²) in [5.74, 6) is -0.0467. The van der Waals surface area contributed by atoms with Gasteiger partial charge in [0.15, 0.2) is 16.5 Å². The molecule has 0 atom stereocenters. The second-order valence-corrected chi connectivity index (χ2v) is 7.46. The van der Waals surface area contributed by atoms with E-state index in [1.54, 1.807) is 42.5 Å². The highest BCUT2D eigenvalue weighted by Gasteiger charge is 2.16. The van der Waals surface area contributed by atoms with Crippen molar-refractivity contribution in [1.82, 2.24) is 10.2 Å². The topological polar surface area (TPSA) is 93.6 Å². The van der Waals surface area contributed by atoms with Crippen molar-refractivity contribution >= 4 is 57.2 Å². The molecular weight excluding hydrogens is 437 g/mol. The van der Waals surface area contributed by atoms with E-state index in [0.29, 0.717) is 21.3 Å². The monoisotopic (exact) mass is 451 g/mol. The van der Waals surface area contributed by atoms with Crippen molar-refractivity contribution in [2.75, 3.05) is 19.5 Å². The van der Waals surface area contributed by atoms with Crippen molar-refractivity contribution in [3.8, 4) is 17.2 Å². The number of aromatic nitrogens is 2. The number of rotatable bonds is 6. The van der Waals surface area contributed by atoms with Gasteiger partial charge >= 0.3 is 0 Å². The molecule has 7 nitrogen and oxygen atoms in total. The van der Waals surface area contributed by atoms with Gasteiger partial charge in [-0.15, -0.1) is 10.2 Å². The minimum atomic E-state index is -0.409. The van der Waals surface area contributed by atoms with Crippen LogP contribution in [-0.2, 0) is 0 Å². The maximum atomic E-state index is 12.3. The van der Waals surface area contributed by atoms with Crippen LogP contribution in [0.2, 0.25) is 5.02 Å². The van der Waals surface area contributed by atoms with Gasteiger partial charge in [0.05, 0.1) is 19.3 Å². The third-order valence-corrected chi connectivity index (χ3v) is 5.33. The third-order valence-electron chi connectivity index (χ3n) is 3.72. The second kappa shape index (κ2) is 9.13. The van der Waals surface area contributed by atoms with E-state index in [2.05, 4.69) is 15.5 Å². The smallest absolute Gasteiger partial charge is 0.286 e. The van der Waals surface area contributed by atoms with Crippen LogP contribution in [-0.4, -0.2) is 35.4 Å². The van der Waals surface area contributed by atoms with Crippen LogP contribution in [0.3, 0.4) is 0 Å². The molecule has 3 rings (SSSR count). The van der Waals surface area contributed by atoms with E-state index in [9.17, 15) is 9.90 Å². The first-order valence-corrected chi connectivity index (χ1v) is 9.71. The van der Waals surface area contributed by atoms with Crippen LogP contribution in [0, 0.1) is 0 Å². The molecule has 3 aromatic rings. The zero-order valence-corrected chi connectivity index (χ0v) is 17.6. The Balaban J connectivity index is 1.80. The first-order chi connectivity index (χ1) is 13.9. The van der Waals surface area contributed by atoms with Crippen LogP contribution in [0.4, 0.5) is 5.69 Å². The number of amides is 1. The van der Waals surface area contributed by atoms with E-state index in [0.717, 1.165) is 11.3 Å². The summed E-state index contributed by atoms with van der Waals surface area (Å²) in [5.41, 5.74) is 1.20. The largest absolute Gasteiger partial charge is 0.502 e. The minimum absolute atomic E-state index is 0.111. The summed E-state index contributed by atoms with van der Waals surface area (Å²) in [5, 5.41) is 21.9. The summed E-state index contributed by atoms with van der Waals surface area (Å²) in [6.45, 7) is 0. The molecule has 0 unspecified atom stereocenters. The Bertz CT molecular complexity index is 1040. The number of ether oxygens (including phenoxy) is 2. The Morgan fingerprint density at radius 2 is 1.69 bits per heavy atom. The first-order valence-electron chi connectivity index (χ1n) is 8.14. The highest BCUT2D eigenvalue weighted by atomic mass is 35.5. The van der Waals surface area contributed by atoms with Crippen molar-refractivity contribution in [3.05, 3.63) is 57.0 Å². The van der Waals surface area contributed by atoms with E-state index in [-0.39, 0.29) is 27.3 Å². The summed E-state index contributed by atoms with van der Waals surface area (Å²) in [6, 6.07) is 9.89. The van der Waals surface area contributed by atoms with E-state index in [1.165, 1.54) is 14.2 Å². The van der Waals surface area contributed by atoms with Gasteiger partial charge in [-0.2, -0.15) is 0 Å². The fourth-order valence-corrected chi connectivity index (χ4v) is 3.39. The van der Waals surface area contributed by atoms with Gasteiger partial charge < -0.3 is 19.9 Å². The quantitative estimate of drug-likeness (QED) is 0.553. The van der Waals surface area contributed by atoms with Crippen LogP contribution < -0.4 is 14.8 Å². The van der Waals surface area contributed by atoms with E-state index in [4.69, 9.17) is 32.7 Å². The van der Waals surface area contributed by atoms with Crippen molar-refractivity contribution in [2.45, 2.75) is 0 Å². The number of phenolic OH excluding ortho intramolecular Hbond substituents is 1. The van der Waals surface area contributed by atoms with Crippen molar-refractivity contribution in [1.29, 1.82) is 0 Å². The molecule has 150 valence electrons. The Morgan fingerprint density at radius 1 is 1.10 bits per heavy atom. The highest BCUT2D eigenvalue weighted by molar-refractivity contribution is 7.15. The van der Waals surface area contributed by atoms with Crippen LogP contribution in [0.5, 0.6) is 17.2 Å². The average molecular weight is 452 g/mol. The molecule has 0 spiro atoms. The predicted molar refractivity (Wildman–Crippen MR) is 114 cm³/mol. The maximum absolute atomic E-state index is 12.3. The zero-order valence-electron chi connectivity index (χ0n) is 15.3. The van der Waals surface area contributed by atoms with Gasteiger partial charge in [-0.1, -0.05) is 34.5 Å². The summed E-state index contributed by atoms with van der Waals surface area (Å²) >= 11 is 13.2. The van der Waals surface area contributed by atoms with Crippen LogP contribution >= 0.6 is 34.5 Å². The SMILES string of the molecule is COc1cc(/C=C(\Cl)c2nnc(C(=O)Nc3ccc(Cl)cc3)s2)cc(OC)c1O. The Hall–Kier alpha value is -2.81. The van der Waals surface area contributed by atoms with Gasteiger partial charge in [-0.25, -0.2) is 0 Å². The molecule has 1 aromatic heterocycles. The van der Waals surface area contributed by atoms with Gasteiger partial charge in [0.1, 0.15) is 0 Å². The van der Waals surface area contributed by atoms with E-state index >= 15 is 0 Å². The molecule has 0 aliphatic rings. The number of anilines is 1.